The van der Waals surface area contributed by atoms with Crippen LogP contribution in [0.15, 0.2) is 54.6 Å². The summed E-state index contributed by atoms with van der Waals surface area (Å²) in [5.41, 5.74) is 1.43. The number of amides is 3. The fourth-order valence-corrected chi connectivity index (χ4v) is 8.54. The van der Waals surface area contributed by atoms with Crippen LogP contribution in [0, 0.1) is 11.8 Å². The Morgan fingerprint density at radius 1 is 1.17 bits per heavy atom. The van der Waals surface area contributed by atoms with Crippen LogP contribution >= 0.6 is 23.4 Å². The van der Waals surface area contributed by atoms with E-state index in [2.05, 4.69) is 10.6 Å². The Balaban J connectivity index is 1.56. The minimum absolute atomic E-state index is 0.0108. The number of benzene rings is 2. The summed E-state index contributed by atoms with van der Waals surface area (Å²) in [6.07, 6.45) is 1.83. The van der Waals surface area contributed by atoms with Gasteiger partial charge < -0.3 is 20.6 Å². The van der Waals surface area contributed by atoms with E-state index in [0.29, 0.717) is 23.6 Å². The second-order valence-corrected chi connectivity index (χ2v) is 11.4. The van der Waals surface area contributed by atoms with Crippen LogP contribution in [0.2, 0.25) is 5.02 Å². The summed E-state index contributed by atoms with van der Waals surface area (Å²) in [6.45, 7) is -0.294. The number of aliphatic hydroxyl groups excluding tert-OH is 1. The topological polar surface area (TPSA) is 98.7 Å². The summed E-state index contributed by atoms with van der Waals surface area (Å²) < 4.78 is -0.728. The van der Waals surface area contributed by atoms with Crippen molar-refractivity contribution in [3.63, 3.8) is 0 Å². The van der Waals surface area contributed by atoms with E-state index >= 15 is 0 Å². The molecule has 0 radical (unpaired) electrons. The Morgan fingerprint density at radius 3 is 2.57 bits per heavy atom. The van der Waals surface area contributed by atoms with Gasteiger partial charge in [-0.3, -0.25) is 14.4 Å². The Labute approximate surface area is 213 Å². The van der Waals surface area contributed by atoms with Gasteiger partial charge in [-0.1, -0.05) is 54.1 Å². The molecule has 3 fully saturated rings. The summed E-state index contributed by atoms with van der Waals surface area (Å²) >= 11 is 7.91. The molecule has 184 valence electrons. The molecule has 1 spiro atoms. The summed E-state index contributed by atoms with van der Waals surface area (Å²) in [6, 6.07) is 15.1. The van der Waals surface area contributed by atoms with Crippen LogP contribution in [0.3, 0.4) is 0 Å². The number of nitrogens with zero attached hydrogens (tertiary/aromatic N) is 1. The first-order valence-electron chi connectivity index (χ1n) is 11.8. The second kappa shape index (κ2) is 9.48. The van der Waals surface area contributed by atoms with Crippen LogP contribution in [0.5, 0.6) is 0 Å². The van der Waals surface area contributed by atoms with Crippen molar-refractivity contribution in [3.05, 3.63) is 65.2 Å². The van der Waals surface area contributed by atoms with E-state index in [9.17, 15) is 19.5 Å². The van der Waals surface area contributed by atoms with Crippen molar-refractivity contribution in [3.8, 4) is 0 Å². The van der Waals surface area contributed by atoms with Crippen molar-refractivity contribution in [2.45, 2.75) is 41.3 Å². The maximum Gasteiger partial charge on any atom is 0.248 e. The molecule has 3 aliphatic rings. The fraction of sp³-hybridized carbons (Fsp3) is 0.423. The maximum absolute atomic E-state index is 14.0. The number of carbonyl (C=O) groups excluding carboxylic acids is 3. The molecule has 35 heavy (non-hydrogen) atoms. The van der Waals surface area contributed by atoms with Gasteiger partial charge in [0.15, 0.2) is 0 Å². The highest BCUT2D eigenvalue weighted by atomic mass is 35.5. The predicted octanol–water partition coefficient (Wildman–Crippen LogP) is 2.72. The van der Waals surface area contributed by atoms with Gasteiger partial charge in [0.1, 0.15) is 6.04 Å². The molecule has 5 rings (SSSR count). The third kappa shape index (κ3) is 3.92. The van der Waals surface area contributed by atoms with Crippen molar-refractivity contribution in [2.75, 3.05) is 19.0 Å². The SMILES string of the molecule is CNC(=O)[C@@H]1[C@@H]2CCC3(S2)C(C(=O)Nc2ccccc2Cl)N([C@@H](CO)Cc2ccccc2)C(=O)[C@H]13. The smallest absolute Gasteiger partial charge is 0.248 e. The first kappa shape index (κ1) is 24.2. The fourth-order valence-electron chi connectivity index (χ4n) is 6.15. The van der Waals surface area contributed by atoms with E-state index in [4.69, 9.17) is 11.6 Å². The summed E-state index contributed by atoms with van der Waals surface area (Å²) in [4.78, 5) is 42.4. The van der Waals surface area contributed by atoms with E-state index in [1.807, 2.05) is 30.3 Å². The molecule has 3 aliphatic heterocycles. The van der Waals surface area contributed by atoms with Crippen molar-refractivity contribution in [1.82, 2.24) is 10.2 Å². The Morgan fingerprint density at radius 2 is 1.89 bits per heavy atom. The number of hydrogen-bond donors (Lipinski definition) is 3. The lowest BCUT2D eigenvalue weighted by Gasteiger charge is -2.37. The quantitative estimate of drug-likeness (QED) is 0.529. The lowest BCUT2D eigenvalue weighted by atomic mass is 9.70. The van der Waals surface area contributed by atoms with E-state index < -0.39 is 28.7 Å². The number of likely N-dealkylation sites (tertiary alicyclic amines) is 1. The van der Waals surface area contributed by atoms with Crippen LogP contribution in [0.25, 0.3) is 0 Å². The minimum atomic E-state index is -0.832. The number of rotatable bonds is 7. The number of thioether (sulfide) groups is 1. The predicted molar refractivity (Wildman–Crippen MR) is 136 cm³/mol. The van der Waals surface area contributed by atoms with Crippen molar-refractivity contribution < 1.29 is 19.5 Å². The molecule has 9 heteroatoms. The molecule has 6 atom stereocenters. The molecule has 3 heterocycles. The number of fused-ring (bicyclic) bond motifs is 1. The number of para-hydroxylation sites is 1. The van der Waals surface area contributed by atoms with Crippen molar-refractivity contribution in [2.24, 2.45) is 11.8 Å². The molecule has 2 bridgehead atoms. The van der Waals surface area contributed by atoms with E-state index in [0.717, 1.165) is 12.0 Å². The molecular formula is C26H28ClN3O4S. The van der Waals surface area contributed by atoms with Crippen molar-refractivity contribution in [1.29, 1.82) is 0 Å². The highest BCUT2D eigenvalue weighted by molar-refractivity contribution is 8.02. The standard InChI is InChI=1S/C26H28ClN3O4S/c1-28-23(32)20-19-11-12-26(35-19)21(20)25(34)30(16(14-31)13-15-7-3-2-4-8-15)22(26)24(33)29-18-10-6-5-9-17(18)27/h2-10,16,19-22,31H,11-14H2,1H3,(H,28,32)(H,29,33)/t16-,19+,20-,21+,22?,26?/m1/s1. The first-order valence-corrected chi connectivity index (χ1v) is 13.1. The number of halogens is 1. The molecule has 3 N–H and O–H groups in total. The number of aliphatic hydroxyl groups is 1. The second-order valence-electron chi connectivity index (χ2n) is 9.41. The number of hydrogen-bond acceptors (Lipinski definition) is 5. The molecule has 0 aromatic heterocycles. The first-order chi connectivity index (χ1) is 16.9. The number of nitrogens with one attached hydrogen (secondary N) is 2. The van der Waals surface area contributed by atoms with Gasteiger partial charge in [0, 0.05) is 12.3 Å². The zero-order valence-corrected chi connectivity index (χ0v) is 20.9. The highest BCUT2D eigenvalue weighted by Crippen LogP contribution is 2.66. The normalized spacial score (nSPS) is 29.7. The summed E-state index contributed by atoms with van der Waals surface area (Å²) in [5.74, 6) is -1.85. The molecule has 2 aromatic carbocycles. The van der Waals surface area contributed by atoms with Gasteiger partial charge in [0.05, 0.1) is 39.9 Å². The highest BCUT2D eigenvalue weighted by Gasteiger charge is 2.74. The van der Waals surface area contributed by atoms with Gasteiger partial charge in [-0.05, 0) is 37.0 Å². The van der Waals surface area contributed by atoms with Gasteiger partial charge in [-0.25, -0.2) is 0 Å². The van der Waals surface area contributed by atoms with Gasteiger partial charge in [0.25, 0.3) is 0 Å². The molecule has 7 nitrogen and oxygen atoms in total. The lowest BCUT2D eigenvalue weighted by Crippen LogP contribution is -2.55. The monoisotopic (exact) mass is 513 g/mol. The summed E-state index contributed by atoms with van der Waals surface area (Å²) in [5, 5.41) is 16.5. The average Bonchev–Trinajstić information content (AvgIpc) is 3.51. The average molecular weight is 514 g/mol. The van der Waals surface area contributed by atoms with Gasteiger partial charge in [0.2, 0.25) is 17.7 Å². The maximum atomic E-state index is 14.0. The molecule has 3 saturated heterocycles. The van der Waals surface area contributed by atoms with Crippen LogP contribution < -0.4 is 10.6 Å². The van der Waals surface area contributed by atoms with Crippen molar-refractivity contribution >= 4 is 46.8 Å². The van der Waals surface area contributed by atoms with Crippen LogP contribution in [0.4, 0.5) is 5.69 Å². The minimum Gasteiger partial charge on any atom is -0.394 e. The molecule has 0 saturated carbocycles. The molecular weight excluding hydrogens is 486 g/mol. The van der Waals surface area contributed by atoms with Crippen LogP contribution in [-0.2, 0) is 20.8 Å². The van der Waals surface area contributed by atoms with E-state index in [-0.39, 0.29) is 29.6 Å². The van der Waals surface area contributed by atoms with Crippen LogP contribution in [0.1, 0.15) is 18.4 Å². The van der Waals surface area contributed by atoms with Gasteiger partial charge >= 0.3 is 0 Å². The Bertz CT molecular complexity index is 1150. The molecule has 2 unspecified atom stereocenters. The lowest BCUT2D eigenvalue weighted by molar-refractivity contribution is -0.141. The zero-order valence-electron chi connectivity index (χ0n) is 19.3. The molecule has 0 aliphatic carbocycles. The van der Waals surface area contributed by atoms with Crippen LogP contribution in [-0.4, -0.2) is 63.5 Å². The number of carbonyl (C=O) groups is 3. The van der Waals surface area contributed by atoms with Gasteiger partial charge in [-0.15, -0.1) is 11.8 Å². The van der Waals surface area contributed by atoms with Gasteiger partial charge in [-0.2, -0.15) is 0 Å². The third-order valence-electron chi connectivity index (χ3n) is 7.59. The zero-order chi connectivity index (χ0) is 24.7. The van der Waals surface area contributed by atoms with E-state index in [1.165, 1.54) is 0 Å². The largest absolute Gasteiger partial charge is 0.394 e. The molecule has 3 amide bonds. The van der Waals surface area contributed by atoms with E-state index in [1.54, 1.807) is 48.0 Å². The number of anilines is 1. The Kier molecular flexibility index (Phi) is 6.55. The third-order valence-corrected chi connectivity index (χ3v) is 9.87. The Hall–Kier alpha value is -2.55. The summed E-state index contributed by atoms with van der Waals surface area (Å²) in [7, 11) is 1.58. The molecule has 2 aromatic rings.